The third-order valence-corrected chi connectivity index (χ3v) is 5.25. The summed E-state index contributed by atoms with van der Waals surface area (Å²) in [7, 11) is 3.51. The zero-order chi connectivity index (χ0) is 17.5. The molecule has 7 heteroatoms. The highest BCUT2D eigenvalue weighted by Crippen LogP contribution is 2.42. The minimum Gasteiger partial charge on any atom is -0.496 e. The van der Waals surface area contributed by atoms with E-state index in [1.54, 1.807) is 7.11 Å². The zero-order valence-electron chi connectivity index (χ0n) is 14.1. The molecule has 0 bridgehead atoms. The first kappa shape index (κ1) is 17.2. The molecule has 6 nitrogen and oxygen atoms in total. The summed E-state index contributed by atoms with van der Waals surface area (Å²) in [4.78, 5) is 28.1. The maximum atomic E-state index is 12.7. The quantitative estimate of drug-likeness (QED) is 0.751. The number of hydrogen-bond acceptors (Lipinski definition) is 4. The molecule has 0 spiro atoms. The summed E-state index contributed by atoms with van der Waals surface area (Å²) in [5, 5.41) is 2.87. The van der Waals surface area contributed by atoms with Gasteiger partial charge in [-0.05, 0) is 50.9 Å². The van der Waals surface area contributed by atoms with E-state index in [0.717, 1.165) is 28.6 Å². The molecule has 0 unspecified atom stereocenters. The predicted octanol–water partition coefficient (Wildman–Crippen LogP) is 2.57. The molecular weight excluding hydrogens is 374 g/mol. The van der Waals surface area contributed by atoms with Crippen molar-refractivity contribution in [3.05, 3.63) is 28.2 Å². The number of amides is 3. The van der Waals surface area contributed by atoms with E-state index in [2.05, 4.69) is 21.2 Å². The lowest BCUT2D eigenvalue weighted by molar-refractivity contribution is -0.132. The average molecular weight is 396 g/mol. The lowest BCUT2D eigenvalue weighted by atomic mass is 9.96. The first-order valence-electron chi connectivity index (χ1n) is 8.00. The van der Waals surface area contributed by atoms with Gasteiger partial charge in [-0.25, -0.2) is 9.69 Å². The predicted molar refractivity (Wildman–Crippen MR) is 93.5 cm³/mol. The number of urea groups is 1. The Hall–Kier alpha value is -1.60. The Balaban J connectivity index is 1.69. The van der Waals surface area contributed by atoms with Gasteiger partial charge in [0.1, 0.15) is 11.3 Å². The summed E-state index contributed by atoms with van der Waals surface area (Å²) in [5.74, 6) is 0.933. The SMILES string of the molecule is COc1ccc(Br)cc1CN(C)CN1C(=O)N[C@@](C)(C2CC2)C1=O. The van der Waals surface area contributed by atoms with Crippen molar-refractivity contribution >= 4 is 27.9 Å². The Labute approximate surface area is 150 Å². The molecule has 1 N–H and O–H groups in total. The molecule has 1 aliphatic carbocycles. The van der Waals surface area contributed by atoms with E-state index in [0.29, 0.717) is 6.54 Å². The molecule has 2 aliphatic rings. The fourth-order valence-corrected chi connectivity index (χ4v) is 3.64. The Morgan fingerprint density at radius 2 is 2.12 bits per heavy atom. The Bertz CT molecular complexity index is 677. The number of carbonyl (C=O) groups is 2. The van der Waals surface area contributed by atoms with E-state index in [-0.39, 0.29) is 24.5 Å². The number of rotatable bonds is 6. The van der Waals surface area contributed by atoms with Crippen LogP contribution >= 0.6 is 15.9 Å². The van der Waals surface area contributed by atoms with Crippen LogP contribution in [0.3, 0.4) is 0 Å². The summed E-state index contributed by atoms with van der Waals surface area (Å²) in [6.45, 7) is 2.66. The second-order valence-corrected chi connectivity index (χ2v) is 7.67. The van der Waals surface area contributed by atoms with E-state index >= 15 is 0 Å². The van der Waals surface area contributed by atoms with Gasteiger partial charge in [0.15, 0.2) is 0 Å². The van der Waals surface area contributed by atoms with Crippen molar-refractivity contribution in [2.45, 2.75) is 31.8 Å². The summed E-state index contributed by atoms with van der Waals surface area (Å²) in [6, 6.07) is 5.49. The molecule has 1 heterocycles. The van der Waals surface area contributed by atoms with E-state index in [1.807, 2.05) is 37.1 Å². The van der Waals surface area contributed by atoms with E-state index in [9.17, 15) is 9.59 Å². The van der Waals surface area contributed by atoms with E-state index in [4.69, 9.17) is 4.74 Å². The molecule has 1 saturated carbocycles. The van der Waals surface area contributed by atoms with Crippen molar-refractivity contribution in [3.63, 3.8) is 0 Å². The van der Waals surface area contributed by atoms with Gasteiger partial charge in [-0.1, -0.05) is 15.9 Å². The van der Waals surface area contributed by atoms with Gasteiger partial charge >= 0.3 is 6.03 Å². The van der Waals surface area contributed by atoms with Gasteiger partial charge in [0.25, 0.3) is 5.91 Å². The molecular formula is C17H22BrN3O3. The lowest BCUT2D eigenvalue weighted by Crippen LogP contribution is -2.46. The minimum absolute atomic E-state index is 0.122. The van der Waals surface area contributed by atoms with Crippen LogP contribution in [0.4, 0.5) is 4.79 Å². The van der Waals surface area contributed by atoms with Crippen molar-refractivity contribution in [2.75, 3.05) is 20.8 Å². The number of nitrogens with one attached hydrogen (secondary N) is 1. The third kappa shape index (κ3) is 3.15. The molecule has 3 rings (SSSR count). The first-order chi connectivity index (χ1) is 11.3. The number of carbonyl (C=O) groups excluding carboxylic acids is 2. The molecule has 1 saturated heterocycles. The summed E-state index contributed by atoms with van der Waals surface area (Å²) in [6.07, 6.45) is 2.00. The highest BCUT2D eigenvalue weighted by molar-refractivity contribution is 9.10. The number of halogens is 1. The molecule has 130 valence electrons. The highest BCUT2D eigenvalue weighted by Gasteiger charge is 2.56. The summed E-state index contributed by atoms with van der Waals surface area (Å²) >= 11 is 3.46. The molecule has 1 aliphatic heterocycles. The first-order valence-corrected chi connectivity index (χ1v) is 8.79. The van der Waals surface area contributed by atoms with Gasteiger partial charge in [-0.2, -0.15) is 0 Å². The van der Waals surface area contributed by atoms with Crippen LogP contribution in [0, 0.1) is 5.92 Å². The van der Waals surface area contributed by atoms with Crippen LogP contribution in [-0.4, -0.2) is 48.1 Å². The molecule has 0 radical (unpaired) electrons. The van der Waals surface area contributed by atoms with Crippen LogP contribution in [-0.2, 0) is 11.3 Å². The Kier molecular flexibility index (Phi) is 4.57. The van der Waals surface area contributed by atoms with Crippen molar-refractivity contribution in [1.82, 2.24) is 15.1 Å². The number of benzene rings is 1. The van der Waals surface area contributed by atoms with Crippen molar-refractivity contribution in [3.8, 4) is 5.75 Å². The number of ether oxygens (including phenoxy) is 1. The Morgan fingerprint density at radius 3 is 2.75 bits per heavy atom. The molecule has 0 aromatic heterocycles. The maximum absolute atomic E-state index is 12.7. The lowest BCUT2D eigenvalue weighted by Gasteiger charge is -2.25. The second kappa shape index (κ2) is 6.37. The fraction of sp³-hybridized carbons (Fsp3) is 0.529. The van der Waals surface area contributed by atoms with Crippen molar-refractivity contribution in [1.29, 1.82) is 0 Å². The standard InChI is InChI=1S/C17H22BrN3O3/c1-17(12-4-5-12)15(22)21(16(23)19-17)10-20(2)9-11-8-13(18)6-7-14(11)24-3/h6-8,12H,4-5,9-10H2,1-3H3,(H,19,23)/t17-/m0/s1. The van der Waals surface area contributed by atoms with E-state index in [1.165, 1.54) is 4.90 Å². The minimum atomic E-state index is -0.731. The van der Waals surface area contributed by atoms with Gasteiger partial charge in [0.05, 0.1) is 13.8 Å². The van der Waals surface area contributed by atoms with Crippen LogP contribution in [0.25, 0.3) is 0 Å². The topological polar surface area (TPSA) is 61.9 Å². The average Bonchev–Trinajstić information content (AvgIpc) is 3.34. The largest absolute Gasteiger partial charge is 0.496 e. The zero-order valence-corrected chi connectivity index (χ0v) is 15.7. The smallest absolute Gasteiger partial charge is 0.326 e. The van der Waals surface area contributed by atoms with Crippen LogP contribution in [0.5, 0.6) is 5.75 Å². The summed E-state index contributed by atoms with van der Waals surface area (Å²) in [5.41, 5.74) is 0.261. The van der Waals surface area contributed by atoms with Gasteiger partial charge < -0.3 is 10.1 Å². The van der Waals surface area contributed by atoms with Gasteiger partial charge in [-0.3, -0.25) is 9.69 Å². The van der Waals surface area contributed by atoms with Crippen molar-refractivity contribution < 1.29 is 14.3 Å². The summed E-state index contributed by atoms with van der Waals surface area (Å²) < 4.78 is 6.34. The molecule has 1 aromatic rings. The van der Waals surface area contributed by atoms with Crippen molar-refractivity contribution in [2.24, 2.45) is 5.92 Å². The fourth-order valence-electron chi connectivity index (χ4n) is 3.23. The Morgan fingerprint density at radius 1 is 1.42 bits per heavy atom. The normalized spacial score (nSPS) is 23.8. The van der Waals surface area contributed by atoms with Crippen LogP contribution in [0.15, 0.2) is 22.7 Å². The molecule has 2 fully saturated rings. The van der Waals surface area contributed by atoms with Crippen LogP contribution < -0.4 is 10.1 Å². The maximum Gasteiger partial charge on any atom is 0.326 e. The number of nitrogens with zero attached hydrogens (tertiary/aromatic N) is 2. The van der Waals surface area contributed by atoms with Gasteiger partial charge in [0, 0.05) is 16.6 Å². The molecule has 1 aromatic carbocycles. The highest BCUT2D eigenvalue weighted by atomic mass is 79.9. The second-order valence-electron chi connectivity index (χ2n) is 6.75. The van der Waals surface area contributed by atoms with E-state index < -0.39 is 5.54 Å². The molecule has 24 heavy (non-hydrogen) atoms. The van der Waals surface area contributed by atoms with Crippen LogP contribution in [0.1, 0.15) is 25.3 Å². The number of hydrogen-bond donors (Lipinski definition) is 1. The molecule has 3 amide bonds. The van der Waals surface area contributed by atoms with Gasteiger partial charge in [0.2, 0.25) is 0 Å². The number of methoxy groups -OCH3 is 1. The van der Waals surface area contributed by atoms with Crippen LogP contribution in [0.2, 0.25) is 0 Å². The number of imide groups is 1. The third-order valence-electron chi connectivity index (χ3n) is 4.76. The van der Waals surface area contributed by atoms with Gasteiger partial charge in [-0.15, -0.1) is 0 Å². The monoisotopic (exact) mass is 395 g/mol. The molecule has 1 atom stereocenters.